The molecule has 116 valence electrons. The van der Waals surface area contributed by atoms with Crippen molar-refractivity contribution in [2.75, 3.05) is 44.8 Å². The van der Waals surface area contributed by atoms with E-state index in [2.05, 4.69) is 14.9 Å². The standard InChI is InChI=1S/C15H17ClN4O2/c1-22-10-14(21)20-6-4-19(5-7-20)13-3-2-11-8-12(16)9-17-15(11)18-13/h2-3,8-9H,4-7,10H2,1H3. The summed E-state index contributed by atoms with van der Waals surface area (Å²) in [6.45, 7) is 2.99. The number of amides is 1. The highest BCUT2D eigenvalue weighted by atomic mass is 35.5. The van der Waals surface area contributed by atoms with Gasteiger partial charge in [-0.25, -0.2) is 9.97 Å². The van der Waals surface area contributed by atoms with Crippen molar-refractivity contribution in [1.29, 1.82) is 0 Å². The van der Waals surface area contributed by atoms with Crippen LogP contribution in [0.3, 0.4) is 0 Å². The van der Waals surface area contributed by atoms with Gasteiger partial charge in [0.25, 0.3) is 0 Å². The van der Waals surface area contributed by atoms with E-state index in [1.165, 1.54) is 7.11 Å². The molecule has 1 saturated heterocycles. The Morgan fingerprint density at radius 2 is 2.09 bits per heavy atom. The molecule has 3 heterocycles. The average Bonchev–Trinajstić information content (AvgIpc) is 2.55. The Morgan fingerprint density at radius 1 is 1.32 bits per heavy atom. The summed E-state index contributed by atoms with van der Waals surface area (Å²) >= 11 is 5.93. The molecule has 0 radical (unpaired) electrons. The number of nitrogens with zero attached hydrogens (tertiary/aromatic N) is 4. The summed E-state index contributed by atoms with van der Waals surface area (Å²) in [5.41, 5.74) is 0.680. The van der Waals surface area contributed by atoms with Crippen LogP contribution in [0.1, 0.15) is 0 Å². The maximum absolute atomic E-state index is 11.8. The van der Waals surface area contributed by atoms with Gasteiger partial charge >= 0.3 is 0 Å². The minimum Gasteiger partial charge on any atom is -0.375 e. The summed E-state index contributed by atoms with van der Waals surface area (Å²) in [5.74, 6) is 0.908. The number of aromatic nitrogens is 2. The van der Waals surface area contributed by atoms with Gasteiger partial charge in [0.2, 0.25) is 5.91 Å². The van der Waals surface area contributed by atoms with Crippen LogP contribution in [0.2, 0.25) is 5.02 Å². The van der Waals surface area contributed by atoms with E-state index in [-0.39, 0.29) is 12.5 Å². The van der Waals surface area contributed by atoms with Crippen LogP contribution in [-0.4, -0.2) is 60.7 Å². The van der Waals surface area contributed by atoms with Crippen LogP contribution in [0.4, 0.5) is 5.82 Å². The van der Waals surface area contributed by atoms with E-state index in [9.17, 15) is 4.79 Å². The molecule has 0 aromatic carbocycles. The topological polar surface area (TPSA) is 58.6 Å². The van der Waals surface area contributed by atoms with E-state index in [0.29, 0.717) is 23.8 Å². The molecule has 0 bridgehead atoms. The number of ether oxygens (including phenoxy) is 1. The van der Waals surface area contributed by atoms with Crippen molar-refractivity contribution in [3.8, 4) is 0 Å². The van der Waals surface area contributed by atoms with E-state index >= 15 is 0 Å². The number of rotatable bonds is 3. The van der Waals surface area contributed by atoms with Crippen molar-refractivity contribution < 1.29 is 9.53 Å². The van der Waals surface area contributed by atoms with E-state index in [0.717, 1.165) is 24.3 Å². The summed E-state index contributed by atoms with van der Waals surface area (Å²) in [7, 11) is 1.53. The lowest BCUT2D eigenvalue weighted by Crippen LogP contribution is -2.49. The molecule has 0 atom stereocenters. The highest BCUT2D eigenvalue weighted by Gasteiger charge is 2.21. The minimum atomic E-state index is 0.0323. The molecule has 1 fully saturated rings. The molecule has 0 aliphatic carbocycles. The number of methoxy groups -OCH3 is 1. The molecule has 22 heavy (non-hydrogen) atoms. The van der Waals surface area contributed by atoms with Crippen molar-refractivity contribution in [2.45, 2.75) is 0 Å². The smallest absolute Gasteiger partial charge is 0.248 e. The van der Waals surface area contributed by atoms with E-state index in [1.54, 1.807) is 6.20 Å². The molecule has 1 amide bonds. The third kappa shape index (κ3) is 3.13. The van der Waals surface area contributed by atoms with Crippen LogP contribution in [0.5, 0.6) is 0 Å². The molecule has 2 aromatic rings. The molecule has 6 nitrogen and oxygen atoms in total. The summed E-state index contributed by atoms with van der Waals surface area (Å²) in [6.07, 6.45) is 1.60. The van der Waals surface area contributed by atoms with Gasteiger partial charge in [0.15, 0.2) is 5.65 Å². The second kappa shape index (κ2) is 6.46. The highest BCUT2D eigenvalue weighted by Crippen LogP contribution is 2.20. The molecule has 0 unspecified atom stereocenters. The number of fused-ring (bicyclic) bond motifs is 1. The number of carbonyl (C=O) groups excluding carboxylic acids is 1. The van der Waals surface area contributed by atoms with E-state index in [1.807, 2.05) is 23.1 Å². The molecule has 7 heteroatoms. The lowest BCUT2D eigenvalue weighted by molar-refractivity contribution is -0.135. The first-order valence-electron chi connectivity index (χ1n) is 7.11. The van der Waals surface area contributed by atoms with Gasteiger partial charge in [-0.1, -0.05) is 11.6 Å². The lowest BCUT2D eigenvalue weighted by Gasteiger charge is -2.35. The Balaban J connectivity index is 1.71. The lowest BCUT2D eigenvalue weighted by atomic mass is 10.2. The number of piperazine rings is 1. The van der Waals surface area contributed by atoms with Gasteiger partial charge in [0.1, 0.15) is 12.4 Å². The Morgan fingerprint density at radius 3 is 2.82 bits per heavy atom. The second-order valence-corrected chi connectivity index (χ2v) is 5.61. The van der Waals surface area contributed by atoms with Gasteiger partial charge in [-0.2, -0.15) is 0 Å². The number of anilines is 1. The van der Waals surface area contributed by atoms with Crippen LogP contribution in [0.25, 0.3) is 11.0 Å². The zero-order chi connectivity index (χ0) is 15.5. The average molecular weight is 321 g/mol. The first-order chi connectivity index (χ1) is 10.7. The fraction of sp³-hybridized carbons (Fsp3) is 0.400. The fourth-order valence-electron chi connectivity index (χ4n) is 2.55. The number of hydrogen-bond donors (Lipinski definition) is 0. The molecular formula is C15H17ClN4O2. The molecule has 0 N–H and O–H groups in total. The molecule has 1 aliphatic heterocycles. The SMILES string of the molecule is COCC(=O)N1CCN(c2ccc3cc(Cl)cnc3n2)CC1. The number of hydrogen-bond acceptors (Lipinski definition) is 5. The summed E-state index contributed by atoms with van der Waals surface area (Å²) in [4.78, 5) is 24.6. The van der Waals surface area contributed by atoms with Crippen molar-refractivity contribution in [3.63, 3.8) is 0 Å². The Kier molecular flexibility index (Phi) is 4.40. The zero-order valence-electron chi connectivity index (χ0n) is 12.3. The van der Waals surface area contributed by atoms with Crippen molar-refractivity contribution in [1.82, 2.24) is 14.9 Å². The molecule has 2 aromatic heterocycles. The maximum atomic E-state index is 11.8. The fourth-order valence-corrected chi connectivity index (χ4v) is 2.72. The van der Waals surface area contributed by atoms with Gasteiger partial charge in [-0.15, -0.1) is 0 Å². The van der Waals surface area contributed by atoms with Gasteiger partial charge < -0.3 is 14.5 Å². The van der Waals surface area contributed by atoms with Gasteiger partial charge in [0.05, 0.1) is 5.02 Å². The van der Waals surface area contributed by atoms with Crippen LogP contribution >= 0.6 is 11.6 Å². The van der Waals surface area contributed by atoms with Gasteiger partial charge in [0, 0.05) is 44.9 Å². The monoisotopic (exact) mass is 320 g/mol. The highest BCUT2D eigenvalue weighted by molar-refractivity contribution is 6.31. The summed E-state index contributed by atoms with van der Waals surface area (Å²) in [5, 5.41) is 1.53. The first-order valence-corrected chi connectivity index (χ1v) is 7.49. The minimum absolute atomic E-state index is 0.0323. The van der Waals surface area contributed by atoms with Crippen LogP contribution < -0.4 is 4.90 Å². The predicted octanol–water partition coefficient (Wildman–Crippen LogP) is 1.58. The Labute approximate surface area is 133 Å². The molecule has 0 saturated carbocycles. The quantitative estimate of drug-likeness (QED) is 0.859. The van der Waals surface area contributed by atoms with Crippen LogP contribution in [0.15, 0.2) is 24.4 Å². The summed E-state index contributed by atoms with van der Waals surface area (Å²) < 4.78 is 4.89. The second-order valence-electron chi connectivity index (χ2n) is 5.17. The van der Waals surface area contributed by atoms with Crippen molar-refractivity contribution in [2.24, 2.45) is 0 Å². The Hall–Kier alpha value is -1.92. The number of pyridine rings is 2. The van der Waals surface area contributed by atoms with Crippen LogP contribution in [0, 0.1) is 0 Å². The molecule has 3 rings (SSSR count). The summed E-state index contributed by atoms with van der Waals surface area (Å²) in [6, 6.07) is 5.79. The van der Waals surface area contributed by atoms with Crippen molar-refractivity contribution >= 4 is 34.4 Å². The number of halogens is 1. The van der Waals surface area contributed by atoms with Crippen molar-refractivity contribution in [3.05, 3.63) is 29.4 Å². The van der Waals surface area contributed by atoms with E-state index in [4.69, 9.17) is 16.3 Å². The molecular weight excluding hydrogens is 304 g/mol. The van der Waals surface area contributed by atoms with E-state index < -0.39 is 0 Å². The molecule has 1 aliphatic rings. The largest absolute Gasteiger partial charge is 0.375 e. The van der Waals surface area contributed by atoms with Gasteiger partial charge in [-0.3, -0.25) is 4.79 Å². The predicted molar refractivity (Wildman–Crippen MR) is 85.2 cm³/mol. The third-order valence-electron chi connectivity index (χ3n) is 3.72. The van der Waals surface area contributed by atoms with Gasteiger partial charge in [-0.05, 0) is 18.2 Å². The first kappa shape index (κ1) is 15.0. The zero-order valence-corrected chi connectivity index (χ0v) is 13.1. The van der Waals surface area contributed by atoms with Crippen LogP contribution in [-0.2, 0) is 9.53 Å². The third-order valence-corrected chi connectivity index (χ3v) is 3.93. The Bertz CT molecular complexity index is 686. The normalized spacial score (nSPS) is 15.4. The number of carbonyl (C=O) groups is 1. The molecule has 0 spiro atoms. The maximum Gasteiger partial charge on any atom is 0.248 e.